The van der Waals surface area contributed by atoms with Crippen LogP contribution in [0.3, 0.4) is 0 Å². The molecule has 1 amide bonds. The second-order valence-corrected chi connectivity index (χ2v) is 9.39. The zero-order valence-corrected chi connectivity index (χ0v) is 17.3. The van der Waals surface area contributed by atoms with Crippen LogP contribution in [0.25, 0.3) is 0 Å². The fourth-order valence-electron chi connectivity index (χ4n) is 3.56. The van der Waals surface area contributed by atoms with E-state index in [9.17, 15) is 18.5 Å². The summed E-state index contributed by atoms with van der Waals surface area (Å²) in [4.78, 5) is 19.3. The van der Waals surface area contributed by atoms with Crippen LogP contribution in [-0.4, -0.2) is 38.0 Å². The summed E-state index contributed by atoms with van der Waals surface area (Å²) in [7, 11) is -1.80. The molecule has 0 spiro atoms. The number of sulfone groups is 1. The second-order valence-electron chi connectivity index (χ2n) is 7.11. The Hall–Kier alpha value is -3.18. The van der Waals surface area contributed by atoms with Gasteiger partial charge in [-0.1, -0.05) is 31.2 Å². The van der Waals surface area contributed by atoms with Crippen LogP contribution in [-0.2, 0) is 20.2 Å². The number of aliphatic imine (C=N–C) groups is 1. The van der Waals surface area contributed by atoms with Crippen molar-refractivity contribution in [1.82, 2.24) is 4.90 Å². The first-order valence-corrected chi connectivity index (χ1v) is 10.8. The molecule has 2 aromatic carbocycles. The lowest BCUT2D eigenvalue weighted by Gasteiger charge is -2.41. The first kappa shape index (κ1) is 20.6. The van der Waals surface area contributed by atoms with Gasteiger partial charge in [0.2, 0.25) is 5.91 Å². The van der Waals surface area contributed by atoms with Crippen LogP contribution >= 0.6 is 0 Å². The molecular formula is C21H22N4O3S. The van der Waals surface area contributed by atoms with Gasteiger partial charge in [-0.15, -0.1) is 0 Å². The SMILES string of the molecule is CCS(=O)(=O)c1ccc([C@H]2C(=O)N(C)C(N)=NC2(C)c2cccc(C#N)c2)cc1. The molecule has 2 N–H and O–H groups in total. The molecule has 29 heavy (non-hydrogen) atoms. The Kier molecular flexibility index (Phi) is 5.20. The maximum absolute atomic E-state index is 13.2. The summed E-state index contributed by atoms with van der Waals surface area (Å²) in [6.45, 7) is 3.38. The molecule has 0 radical (unpaired) electrons. The molecular weight excluding hydrogens is 388 g/mol. The number of carbonyl (C=O) groups excluding carboxylic acids is 1. The lowest BCUT2D eigenvalue weighted by Crippen LogP contribution is -2.52. The van der Waals surface area contributed by atoms with Gasteiger partial charge in [0.25, 0.3) is 0 Å². The topological polar surface area (TPSA) is 117 Å². The molecule has 3 rings (SSSR count). The van der Waals surface area contributed by atoms with Crippen LogP contribution in [0.4, 0.5) is 0 Å². The molecule has 1 aliphatic heterocycles. The quantitative estimate of drug-likeness (QED) is 0.829. The van der Waals surface area contributed by atoms with Gasteiger partial charge in [0.1, 0.15) is 5.54 Å². The second kappa shape index (κ2) is 7.33. The number of likely N-dealkylation sites (N-methyl/N-ethyl adjacent to an activating group) is 1. The number of nitriles is 1. The fourth-order valence-corrected chi connectivity index (χ4v) is 4.44. The van der Waals surface area contributed by atoms with Crippen molar-refractivity contribution in [2.75, 3.05) is 12.8 Å². The predicted molar refractivity (Wildman–Crippen MR) is 110 cm³/mol. The van der Waals surface area contributed by atoms with Crippen LogP contribution in [0.2, 0.25) is 0 Å². The van der Waals surface area contributed by atoms with Gasteiger partial charge in [0, 0.05) is 7.05 Å². The van der Waals surface area contributed by atoms with Crippen LogP contribution in [0.5, 0.6) is 0 Å². The molecule has 0 saturated carbocycles. The van der Waals surface area contributed by atoms with E-state index in [2.05, 4.69) is 11.1 Å². The molecule has 0 bridgehead atoms. The van der Waals surface area contributed by atoms with Gasteiger partial charge >= 0.3 is 0 Å². The minimum Gasteiger partial charge on any atom is -0.369 e. The lowest BCUT2D eigenvalue weighted by molar-refractivity contribution is -0.130. The van der Waals surface area contributed by atoms with Gasteiger partial charge in [0.15, 0.2) is 15.8 Å². The van der Waals surface area contributed by atoms with E-state index in [1.54, 1.807) is 57.3 Å². The third-order valence-electron chi connectivity index (χ3n) is 5.36. The molecule has 0 saturated heterocycles. The third kappa shape index (κ3) is 3.49. The first-order valence-electron chi connectivity index (χ1n) is 9.10. The van der Waals surface area contributed by atoms with Gasteiger partial charge in [-0.25, -0.2) is 13.4 Å². The van der Waals surface area contributed by atoms with Crippen LogP contribution in [0.15, 0.2) is 58.4 Å². The Balaban J connectivity index is 2.18. The maximum Gasteiger partial charge on any atom is 0.239 e. The number of amides is 1. The number of hydrogen-bond acceptors (Lipinski definition) is 6. The summed E-state index contributed by atoms with van der Waals surface area (Å²) in [5, 5.41) is 9.26. The molecule has 1 aliphatic rings. The standard InChI is InChI=1S/C21H22N4O3S/c1-4-29(27,28)17-10-8-15(9-11-17)18-19(26)25(3)20(23)24-21(18,2)16-7-5-6-14(12-16)13-22/h5-12,18H,4H2,1-3H3,(H2,23,24)/t18-,21?/m0/s1. The summed E-state index contributed by atoms with van der Waals surface area (Å²) in [5.74, 6) is -0.904. The number of guanidine groups is 1. The van der Waals surface area contributed by atoms with E-state index >= 15 is 0 Å². The van der Waals surface area contributed by atoms with Crippen molar-refractivity contribution in [2.24, 2.45) is 10.7 Å². The molecule has 2 aromatic rings. The van der Waals surface area contributed by atoms with Crippen LogP contribution < -0.4 is 5.73 Å². The molecule has 8 heteroatoms. The summed E-state index contributed by atoms with van der Waals surface area (Å²) < 4.78 is 24.2. The molecule has 1 heterocycles. The largest absolute Gasteiger partial charge is 0.369 e. The predicted octanol–water partition coefficient (Wildman–Crippen LogP) is 2.14. The van der Waals surface area contributed by atoms with E-state index in [0.29, 0.717) is 16.7 Å². The Morgan fingerprint density at radius 2 is 1.90 bits per heavy atom. The van der Waals surface area contributed by atoms with Gasteiger partial charge < -0.3 is 5.73 Å². The molecule has 2 atom stereocenters. The van der Waals surface area contributed by atoms with E-state index in [0.717, 1.165) is 0 Å². The maximum atomic E-state index is 13.2. The van der Waals surface area contributed by atoms with E-state index in [1.807, 2.05) is 0 Å². The van der Waals surface area contributed by atoms with E-state index in [1.165, 1.54) is 17.0 Å². The fraction of sp³-hybridized carbons (Fsp3) is 0.286. The zero-order valence-electron chi connectivity index (χ0n) is 16.5. The highest BCUT2D eigenvalue weighted by molar-refractivity contribution is 7.91. The molecule has 0 fully saturated rings. The number of hydrogen-bond donors (Lipinski definition) is 1. The van der Waals surface area contributed by atoms with Crippen LogP contribution in [0.1, 0.15) is 36.5 Å². The number of benzene rings is 2. The van der Waals surface area contributed by atoms with Crippen molar-refractivity contribution in [3.8, 4) is 6.07 Å². The molecule has 150 valence electrons. The van der Waals surface area contributed by atoms with Crippen molar-refractivity contribution in [2.45, 2.75) is 30.2 Å². The Morgan fingerprint density at radius 1 is 1.24 bits per heavy atom. The number of nitrogens with zero attached hydrogens (tertiary/aromatic N) is 3. The Bertz CT molecular complexity index is 1130. The number of nitrogens with two attached hydrogens (primary N) is 1. The lowest BCUT2D eigenvalue weighted by atomic mass is 9.74. The Labute approximate surface area is 170 Å². The number of carbonyl (C=O) groups is 1. The minimum atomic E-state index is -3.35. The van der Waals surface area contributed by atoms with Crippen molar-refractivity contribution >= 4 is 21.7 Å². The molecule has 7 nitrogen and oxygen atoms in total. The zero-order chi connectivity index (χ0) is 21.4. The highest BCUT2D eigenvalue weighted by Crippen LogP contribution is 2.44. The average molecular weight is 410 g/mol. The highest BCUT2D eigenvalue weighted by Gasteiger charge is 2.47. The van der Waals surface area contributed by atoms with Gasteiger partial charge in [-0.2, -0.15) is 5.26 Å². The Morgan fingerprint density at radius 3 is 2.48 bits per heavy atom. The third-order valence-corrected chi connectivity index (χ3v) is 7.11. The van der Waals surface area contributed by atoms with E-state index < -0.39 is 21.3 Å². The number of rotatable bonds is 4. The summed E-state index contributed by atoms with van der Waals surface area (Å²) in [5.41, 5.74) is 6.70. The average Bonchev–Trinajstić information content (AvgIpc) is 2.72. The van der Waals surface area contributed by atoms with Gasteiger partial charge in [-0.05, 0) is 42.3 Å². The smallest absolute Gasteiger partial charge is 0.239 e. The summed E-state index contributed by atoms with van der Waals surface area (Å²) >= 11 is 0. The highest BCUT2D eigenvalue weighted by atomic mass is 32.2. The van der Waals surface area contributed by atoms with Crippen LogP contribution in [0, 0.1) is 11.3 Å². The van der Waals surface area contributed by atoms with E-state index in [-0.39, 0.29) is 22.5 Å². The van der Waals surface area contributed by atoms with Crippen molar-refractivity contribution < 1.29 is 13.2 Å². The monoisotopic (exact) mass is 410 g/mol. The van der Waals surface area contributed by atoms with Gasteiger partial charge in [0.05, 0.1) is 28.2 Å². The van der Waals surface area contributed by atoms with Crippen molar-refractivity contribution in [3.63, 3.8) is 0 Å². The summed E-state index contributed by atoms with van der Waals surface area (Å²) in [6.07, 6.45) is 0. The van der Waals surface area contributed by atoms with Gasteiger partial charge in [-0.3, -0.25) is 9.69 Å². The summed E-state index contributed by atoms with van der Waals surface area (Å²) in [6, 6.07) is 15.3. The minimum absolute atomic E-state index is 0.00304. The van der Waals surface area contributed by atoms with Crippen molar-refractivity contribution in [3.05, 3.63) is 65.2 Å². The molecule has 0 aliphatic carbocycles. The first-order chi connectivity index (χ1) is 13.6. The van der Waals surface area contributed by atoms with E-state index in [4.69, 9.17) is 5.73 Å². The van der Waals surface area contributed by atoms with Crippen molar-refractivity contribution in [1.29, 1.82) is 5.26 Å². The molecule has 1 unspecified atom stereocenters. The normalized spacial score (nSPS) is 22.1. The molecule has 0 aromatic heterocycles.